The molecule has 1 atom stereocenters. The molecule has 3 fully saturated rings. The normalized spacial score (nSPS) is 17.4. The van der Waals surface area contributed by atoms with Crippen molar-refractivity contribution in [1.29, 1.82) is 0 Å². The Morgan fingerprint density at radius 2 is 1.39 bits per heavy atom. The molecule has 0 aromatic carbocycles. The first-order valence-corrected chi connectivity index (χ1v) is 11.3. The Balaban J connectivity index is 0.000000289. The molecule has 3 aliphatic rings. The highest BCUT2D eigenvalue weighted by Crippen LogP contribution is 2.08. The van der Waals surface area contributed by atoms with Crippen molar-refractivity contribution in [2.24, 2.45) is 0 Å². The highest BCUT2D eigenvalue weighted by atomic mass is 16.6. The lowest BCUT2D eigenvalue weighted by Crippen LogP contribution is -2.38. The maximum absolute atomic E-state index is 11.3. The fraction of sp³-hybridized carbons (Fsp3) is 0.458. The molecular weight excluding hydrogens is 506 g/mol. The molecule has 5 amide bonds. The Morgan fingerprint density at radius 3 is 1.79 bits per heavy atom. The number of nitrogens with zero attached hydrogens (tertiary/aromatic N) is 2. The molecule has 3 saturated heterocycles. The van der Waals surface area contributed by atoms with Crippen LogP contribution in [0.3, 0.4) is 0 Å². The number of hydrogen-bond acceptors (Lipinski definition) is 11. The van der Waals surface area contributed by atoms with Gasteiger partial charge in [0.15, 0.2) is 6.61 Å². The first-order chi connectivity index (χ1) is 17.8. The van der Waals surface area contributed by atoms with Crippen molar-refractivity contribution in [3.63, 3.8) is 0 Å². The molecule has 0 aliphatic carbocycles. The minimum Gasteiger partial charge on any atom is -0.464 e. The van der Waals surface area contributed by atoms with Crippen molar-refractivity contribution in [2.45, 2.75) is 33.2 Å². The van der Waals surface area contributed by atoms with E-state index in [0.717, 1.165) is 9.80 Å². The number of rotatable bonds is 6. The van der Waals surface area contributed by atoms with E-state index < -0.39 is 36.7 Å². The minimum absolute atomic E-state index is 0.180. The van der Waals surface area contributed by atoms with Crippen molar-refractivity contribution in [3.8, 4) is 0 Å². The summed E-state index contributed by atoms with van der Waals surface area (Å²) in [4.78, 5) is 78.8. The molecule has 0 aromatic heterocycles. The Morgan fingerprint density at radius 1 is 0.842 bits per heavy atom. The van der Waals surface area contributed by atoms with Crippen molar-refractivity contribution in [1.82, 2.24) is 15.1 Å². The van der Waals surface area contributed by atoms with Gasteiger partial charge in [0, 0.05) is 23.1 Å². The van der Waals surface area contributed by atoms with Crippen LogP contribution < -0.4 is 5.32 Å². The van der Waals surface area contributed by atoms with Gasteiger partial charge in [0.25, 0.3) is 11.8 Å². The summed E-state index contributed by atoms with van der Waals surface area (Å²) in [6.07, 6.45) is -0.720. The van der Waals surface area contributed by atoms with E-state index in [-0.39, 0.29) is 43.1 Å². The van der Waals surface area contributed by atoms with Crippen LogP contribution in [0.5, 0.6) is 0 Å². The largest absolute Gasteiger partial charge is 0.464 e. The Hall–Kier alpha value is -4.49. The minimum atomic E-state index is -0.702. The van der Waals surface area contributed by atoms with Gasteiger partial charge in [-0.1, -0.05) is 19.7 Å². The lowest BCUT2D eigenvalue weighted by Gasteiger charge is -2.10. The first-order valence-electron chi connectivity index (χ1n) is 11.3. The van der Waals surface area contributed by atoms with E-state index in [1.54, 1.807) is 13.8 Å². The fourth-order valence-electron chi connectivity index (χ4n) is 2.67. The summed E-state index contributed by atoms with van der Waals surface area (Å²) in [5, 5.41) is 2.52. The van der Waals surface area contributed by atoms with Gasteiger partial charge in [0.2, 0.25) is 5.91 Å². The zero-order chi connectivity index (χ0) is 29.0. The molecule has 1 N–H and O–H groups in total. The number of hydrogen-bond donors (Lipinski definition) is 1. The lowest BCUT2D eigenvalue weighted by molar-refractivity contribution is -0.147. The first kappa shape index (κ1) is 31.5. The van der Waals surface area contributed by atoms with Crippen molar-refractivity contribution in [2.75, 3.05) is 39.5 Å². The number of imide groups is 2. The molecule has 0 radical (unpaired) electrons. The van der Waals surface area contributed by atoms with Gasteiger partial charge in [-0.25, -0.2) is 29.0 Å². The van der Waals surface area contributed by atoms with E-state index in [2.05, 4.69) is 44.0 Å². The third kappa shape index (κ3) is 9.87. The summed E-state index contributed by atoms with van der Waals surface area (Å²) in [5.41, 5.74) is 0.949. The van der Waals surface area contributed by atoms with Crippen LogP contribution in [0, 0.1) is 0 Å². The summed E-state index contributed by atoms with van der Waals surface area (Å²) in [6, 6.07) is -0.478. The van der Waals surface area contributed by atoms with Crippen LogP contribution in [0.2, 0.25) is 0 Å². The molecule has 14 heteroatoms. The maximum atomic E-state index is 11.3. The second-order valence-electron chi connectivity index (χ2n) is 8.13. The second kappa shape index (κ2) is 14.9. The van der Waals surface area contributed by atoms with Gasteiger partial charge in [-0.05, 0) is 20.8 Å². The van der Waals surface area contributed by atoms with Crippen LogP contribution in [0.4, 0.5) is 9.59 Å². The van der Waals surface area contributed by atoms with Crippen molar-refractivity contribution in [3.05, 3.63) is 36.5 Å². The van der Waals surface area contributed by atoms with Crippen molar-refractivity contribution >= 4 is 41.8 Å². The van der Waals surface area contributed by atoms with E-state index in [1.807, 2.05) is 0 Å². The average Bonchev–Trinajstić information content (AvgIpc) is 3.59. The molecule has 1 unspecified atom stereocenters. The van der Waals surface area contributed by atoms with Crippen LogP contribution in [0.25, 0.3) is 0 Å². The predicted octanol–water partition coefficient (Wildman–Crippen LogP) is 0.620. The van der Waals surface area contributed by atoms with Crippen LogP contribution >= 0.6 is 0 Å². The van der Waals surface area contributed by atoms with Crippen LogP contribution in [-0.4, -0.2) is 97.2 Å². The third-order valence-electron chi connectivity index (χ3n) is 4.74. The number of carbonyl (C=O) groups is 7. The smallest absolute Gasteiger partial charge is 0.416 e. The van der Waals surface area contributed by atoms with E-state index in [9.17, 15) is 33.6 Å². The standard InChI is InChI=1S/C9H11NO5.C8H11NO3.C7H9NO3/c1-6(2)8(12)15-5-7(11)10-3-4-14-9(10)13;1-5(2)7(10)9-6-3-4-12-8(6)11;1-5(2)6(9)8-3-4-11-7(8)10/h1,3-5H2,2H3;6H,1,3-4H2,2H3,(H,9,10);1,3-4H2,2H3. The average molecular weight is 538 g/mol. The lowest BCUT2D eigenvalue weighted by atomic mass is 10.2. The molecule has 3 rings (SSSR count). The summed E-state index contributed by atoms with van der Waals surface area (Å²) < 4.78 is 18.4. The van der Waals surface area contributed by atoms with Crippen molar-refractivity contribution < 1.29 is 52.5 Å². The molecule has 0 bridgehead atoms. The summed E-state index contributed by atoms with van der Waals surface area (Å²) in [7, 11) is 0. The number of esters is 2. The van der Waals surface area contributed by atoms with Crippen LogP contribution in [-0.2, 0) is 42.9 Å². The number of cyclic esters (lactones) is 3. The van der Waals surface area contributed by atoms with Gasteiger partial charge in [-0.15, -0.1) is 0 Å². The molecule has 208 valence electrons. The van der Waals surface area contributed by atoms with Gasteiger partial charge >= 0.3 is 24.1 Å². The van der Waals surface area contributed by atoms with Gasteiger partial charge in [-0.2, -0.15) is 0 Å². The molecular formula is C24H31N3O11. The molecule has 0 aromatic rings. The molecule has 3 aliphatic heterocycles. The predicted molar refractivity (Wildman–Crippen MR) is 129 cm³/mol. The highest BCUT2D eigenvalue weighted by Gasteiger charge is 2.30. The maximum Gasteiger partial charge on any atom is 0.416 e. The quantitative estimate of drug-likeness (QED) is 0.286. The molecule has 0 spiro atoms. The van der Waals surface area contributed by atoms with E-state index in [4.69, 9.17) is 0 Å². The SMILES string of the molecule is C=C(C)C(=O)N1CCOC1=O.C=C(C)C(=O)NC1CCOC1=O.C=C(C)C(=O)OCC(=O)N1CCOC1=O. The monoisotopic (exact) mass is 537 g/mol. The van der Waals surface area contributed by atoms with Gasteiger partial charge in [0.05, 0.1) is 19.7 Å². The van der Waals surface area contributed by atoms with Gasteiger partial charge in [-0.3, -0.25) is 14.4 Å². The zero-order valence-electron chi connectivity index (χ0n) is 21.5. The molecule has 38 heavy (non-hydrogen) atoms. The summed E-state index contributed by atoms with van der Waals surface area (Å²) in [6.45, 7) is 15.8. The van der Waals surface area contributed by atoms with E-state index in [0.29, 0.717) is 30.7 Å². The molecule has 0 saturated carbocycles. The summed E-state index contributed by atoms with van der Waals surface area (Å²) >= 11 is 0. The Kier molecular flexibility index (Phi) is 12.4. The second-order valence-corrected chi connectivity index (χ2v) is 8.13. The van der Waals surface area contributed by atoms with Crippen LogP contribution in [0.1, 0.15) is 27.2 Å². The number of nitrogens with one attached hydrogen (secondary N) is 1. The molecule has 3 heterocycles. The number of amides is 5. The third-order valence-corrected chi connectivity index (χ3v) is 4.74. The van der Waals surface area contributed by atoms with E-state index in [1.165, 1.54) is 6.92 Å². The highest BCUT2D eigenvalue weighted by molar-refractivity contribution is 6.02. The van der Waals surface area contributed by atoms with Crippen LogP contribution in [0.15, 0.2) is 36.5 Å². The topological polar surface area (TPSA) is 175 Å². The van der Waals surface area contributed by atoms with Gasteiger partial charge in [0.1, 0.15) is 19.3 Å². The number of ether oxygens (including phenoxy) is 4. The van der Waals surface area contributed by atoms with Gasteiger partial charge < -0.3 is 24.3 Å². The number of carbonyl (C=O) groups excluding carboxylic acids is 7. The Labute approximate surface area is 219 Å². The summed E-state index contributed by atoms with van der Waals surface area (Å²) in [5.74, 6) is -2.25. The Bertz CT molecular complexity index is 1030. The molecule has 14 nitrogen and oxygen atoms in total. The fourth-order valence-corrected chi connectivity index (χ4v) is 2.67. The zero-order valence-corrected chi connectivity index (χ0v) is 21.5. The van der Waals surface area contributed by atoms with E-state index >= 15 is 0 Å².